The summed E-state index contributed by atoms with van der Waals surface area (Å²) in [6, 6.07) is 9.82. The number of benzene rings is 1. The van der Waals surface area contributed by atoms with Crippen molar-refractivity contribution in [3.8, 4) is 10.6 Å². The van der Waals surface area contributed by atoms with Crippen LogP contribution in [-0.4, -0.2) is 16.0 Å². The van der Waals surface area contributed by atoms with E-state index in [0.29, 0.717) is 11.6 Å². The lowest BCUT2D eigenvalue weighted by Crippen LogP contribution is -2.11. The van der Waals surface area contributed by atoms with Crippen LogP contribution >= 0.6 is 22.7 Å². The van der Waals surface area contributed by atoms with Gasteiger partial charge < -0.3 is 9.84 Å². The number of nitrogens with one attached hydrogen (secondary N) is 1. The van der Waals surface area contributed by atoms with E-state index in [2.05, 4.69) is 23.5 Å². The van der Waals surface area contributed by atoms with E-state index in [9.17, 15) is 4.79 Å². The number of thiophene rings is 1. The molecule has 1 amide bonds. The molecule has 1 aliphatic carbocycles. The Balaban J connectivity index is 1.60. The number of hydrogen-bond donors (Lipinski definition) is 1. The van der Waals surface area contributed by atoms with E-state index in [0.717, 1.165) is 45.1 Å². The Kier molecular flexibility index (Phi) is 4.29. The van der Waals surface area contributed by atoms with Crippen molar-refractivity contribution in [2.75, 3.05) is 5.32 Å². The molecule has 0 radical (unpaired) electrons. The third-order valence-corrected chi connectivity index (χ3v) is 7.32. The molecular weight excluding hydrogens is 390 g/mol. The number of anilines is 1. The van der Waals surface area contributed by atoms with E-state index in [-0.39, 0.29) is 11.7 Å². The zero-order valence-corrected chi connectivity index (χ0v) is 17.2. The molecule has 1 aromatic carbocycles. The predicted octanol–water partition coefficient (Wildman–Crippen LogP) is 5.70. The van der Waals surface area contributed by atoms with Gasteiger partial charge in [-0.2, -0.15) is 0 Å². The number of rotatable bonds is 3. The van der Waals surface area contributed by atoms with Gasteiger partial charge in [0.1, 0.15) is 10.0 Å². The molecule has 4 aromatic rings. The van der Waals surface area contributed by atoms with Crippen molar-refractivity contribution >= 4 is 43.8 Å². The van der Waals surface area contributed by atoms with Gasteiger partial charge in [-0.1, -0.05) is 24.2 Å². The Morgan fingerprint density at radius 2 is 2.14 bits per heavy atom. The molecule has 142 valence electrons. The molecule has 0 unspecified atom stereocenters. The van der Waals surface area contributed by atoms with Gasteiger partial charge in [0, 0.05) is 16.5 Å². The van der Waals surface area contributed by atoms with Crippen molar-refractivity contribution in [3.05, 3.63) is 52.2 Å². The van der Waals surface area contributed by atoms with Crippen molar-refractivity contribution < 1.29 is 9.32 Å². The number of aromatic nitrogens is 2. The second kappa shape index (κ2) is 6.83. The summed E-state index contributed by atoms with van der Waals surface area (Å²) in [5.41, 5.74) is 4.11. The van der Waals surface area contributed by atoms with Crippen molar-refractivity contribution in [1.82, 2.24) is 10.1 Å². The molecular formula is C21H19N3O2S2. The second-order valence-corrected chi connectivity index (χ2v) is 9.47. The Hall–Kier alpha value is -2.51. The fraction of sp³-hybridized carbons (Fsp3) is 0.286. The van der Waals surface area contributed by atoms with Crippen LogP contribution in [0.2, 0.25) is 0 Å². The first-order valence-electron chi connectivity index (χ1n) is 9.33. The van der Waals surface area contributed by atoms with Crippen LogP contribution in [0.4, 0.5) is 5.00 Å². The zero-order valence-electron chi connectivity index (χ0n) is 15.6. The van der Waals surface area contributed by atoms with Crippen LogP contribution in [-0.2, 0) is 12.8 Å². The summed E-state index contributed by atoms with van der Waals surface area (Å²) in [4.78, 5) is 18.9. The summed E-state index contributed by atoms with van der Waals surface area (Å²) in [5.74, 6) is 0.622. The average Bonchev–Trinajstić information content (AvgIpc) is 3.36. The molecule has 1 aliphatic rings. The highest BCUT2D eigenvalue weighted by Gasteiger charge is 2.28. The van der Waals surface area contributed by atoms with Crippen LogP contribution in [0.5, 0.6) is 0 Å². The number of hydrogen-bond acceptors (Lipinski definition) is 6. The first kappa shape index (κ1) is 17.6. The van der Waals surface area contributed by atoms with E-state index in [1.54, 1.807) is 35.7 Å². The Labute approximate surface area is 170 Å². The summed E-state index contributed by atoms with van der Waals surface area (Å²) in [6.07, 6.45) is 3.24. The van der Waals surface area contributed by atoms with Crippen molar-refractivity contribution in [1.29, 1.82) is 0 Å². The fourth-order valence-electron chi connectivity index (χ4n) is 3.68. The molecule has 0 bridgehead atoms. The summed E-state index contributed by atoms with van der Waals surface area (Å²) < 4.78 is 6.30. The minimum atomic E-state index is -0.269. The van der Waals surface area contributed by atoms with Crippen LogP contribution in [0.1, 0.15) is 40.0 Å². The van der Waals surface area contributed by atoms with Crippen molar-refractivity contribution in [3.63, 3.8) is 0 Å². The first-order valence-corrected chi connectivity index (χ1v) is 11.0. The topological polar surface area (TPSA) is 68.0 Å². The minimum Gasteiger partial charge on any atom is -0.351 e. The van der Waals surface area contributed by atoms with E-state index >= 15 is 0 Å². The highest BCUT2D eigenvalue weighted by Crippen LogP contribution is 2.47. The van der Waals surface area contributed by atoms with Gasteiger partial charge in [0.25, 0.3) is 5.91 Å². The molecule has 0 saturated carbocycles. The molecule has 28 heavy (non-hydrogen) atoms. The van der Waals surface area contributed by atoms with Gasteiger partial charge in [-0.25, -0.2) is 4.98 Å². The molecule has 7 heteroatoms. The third-order valence-electron chi connectivity index (χ3n) is 5.10. The monoisotopic (exact) mass is 409 g/mol. The van der Waals surface area contributed by atoms with Gasteiger partial charge in [0.05, 0.1) is 15.9 Å². The van der Waals surface area contributed by atoms with Crippen LogP contribution in [0, 0.1) is 12.8 Å². The minimum absolute atomic E-state index is 0.229. The van der Waals surface area contributed by atoms with Crippen molar-refractivity contribution in [2.45, 2.75) is 33.1 Å². The van der Waals surface area contributed by atoms with Crippen LogP contribution < -0.4 is 5.32 Å². The number of aryl methyl sites for hydroxylation is 1. The lowest BCUT2D eigenvalue weighted by atomic mass is 9.88. The summed E-state index contributed by atoms with van der Waals surface area (Å²) in [7, 11) is 0. The quantitative estimate of drug-likeness (QED) is 0.471. The summed E-state index contributed by atoms with van der Waals surface area (Å²) >= 11 is 3.35. The number of fused-ring (bicyclic) bond motifs is 2. The van der Waals surface area contributed by atoms with Crippen LogP contribution in [0.25, 0.3) is 20.8 Å². The lowest BCUT2D eigenvalue weighted by Gasteiger charge is -2.18. The number of para-hydroxylation sites is 1. The number of carbonyl (C=O) groups is 1. The first-order chi connectivity index (χ1) is 13.6. The summed E-state index contributed by atoms with van der Waals surface area (Å²) in [6.45, 7) is 4.09. The SMILES string of the molecule is Cc1cc(C(=O)Nc2sc3c(c2-c2nc4ccccc4s2)CC[C@@H](C)C3)on1. The molecule has 1 N–H and O–H groups in total. The van der Waals surface area contributed by atoms with Gasteiger partial charge in [-0.05, 0) is 49.8 Å². The van der Waals surface area contributed by atoms with Crippen molar-refractivity contribution in [2.24, 2.45) is 5.92 Å². The van der Waals surface area contributed by atoms with E-state index < -0.39 is 0 Å². The number of nitrogens with zero attached hydrogens (tertiary/aromatic N) is 2. The number of thiazole rings is 1. The zero-order chi connectivity index (χ0) is 19.3. The smallest absolute Gasteiger partial charge is 0.294 e. The van der Waals surface area contributed by atoms with Crippen LogP contribution in [0.15, 0.2) is 34.9 Å². The van der Waals surface area contributed by atoms with Gasteiger partial charge in [0.15, 0.2) is 0 Å². The maximum Gasteiger partial charge on any atom is 0.294 e. The Bertz CT molecular complexity index is 1150. The molecule has 1 atom stereocenters. The number of amides is 1. The highest BCUT2D eigenvalue weighted by molar-refractivity contribution is 7.23. The largest absolute Gasteiger partial charge is 0.351 e. The van der Waals surface area contributed by atoms with Gasteiger partial charge in [-0.15, -0.1) is 22.7 Å². The second-order valence-electron chi connectivity index (χ2n) is 7.33. The van der Waals surface area contributed by atoms with E-state index in [1.807, 2.05) is 18.2 Å². The number of carbonyl (C=O) groups excluding carboxylic acids is 1. The molecule has 0 fully saturated rings. The van der Waals surface area contributed by atoms with Gasteiger partial charge in [0.2, 0.25) is 5.76 Å². The highest BCUT2D eigenvalue weighted by atomic mass is 32.1. The molecule has 3 heterocycles. The van der Waals surface area contributed by atoms with Gasteiger partial charge in [-0.3, -0.25) is 4.79 Å². The summed E-state index contributed by atoms with van der Waals surface area (Å²) in [5, 5.41) is 8.72. The molecule has 0 saturated heterocycles. The van der Waals surface area contributed by atoms with E-state index in [1.165, 1.54) is 10.4 Å². The molecule has 5 nitrogen and oxygen atoms in total. The molecule has 3 aromatic heterocycles. The Morgan fingerprint density at radius 3 is 2.93 bits per heavy atom. The van der Waals surface area contributed by atoms with E-state index in [4.69, 9.17) is 9.51 Å². The average molecular weight is 410 g/mol. The Morgan fingerprint density at radius 1 is 1.29 bits per heavy atom. The van der Waals surface area contributed by atoms with Gasteiger partial charge >= 0.3 is 0 Å². The fourth-order valence-corrected chi connectivity index (χ4v) is 6.20. The standard InChI is InChI=1S/C21H19N3O2S2/c1-11-7-8-13-17(9-11)28-21(23-19(25)15-10-12(2)24-26-15)18(13)20-22-14-5-3-4-6-16(14)27-20/h3-6,10-11H,7-9H2,1-2H3,(H,23,25)/t11-/m1/s1. The van der Waals surface area contributed by atoms with Crippen LogP contribution in [0.3, 0.4) is 0 Å². The molecule has 0 spiro atoms. The predicted molar refractivity (Wildman–Crippen MR) is 113 cm³/mol. The third kappa shape index (κ3) is 3.04. The lowest BCUT2D eigenvalue weighted by molar-refractivity contribution is 0.0988. The molecule has 5 rings (SSSR count). The molecule has 0 aliphatic heterocycles. The maximum absolute atomic E-state index is 12.7. The maximum atomic E-state index is 12.7. The normalized spacial score (nSPS) is 16.3.